The van der Waals surface area contributed by atoms with Gasteiger partial charge in [0, 0.05) is 38.5 Å². The molecule has 120 valence electrons. The molecule has 1 atom stereocenters. The molecule has 0 aromatic carbocycles. The number of likely N-dealkylation sites (tertiary alicyclic amines) is 1. The van der Waals surface area contributed by atoms with E-state index in [0.717, 1.165) is 50.1 Å². The van der Waals surface area contributed by atoms with Gasteiger partial charge in [0.25, 0.3) is 0 Å². The summed E-state index contributed by atoms with van der Waals surface area (Å²) in [5.41, 5.74) is 1.15. The van der Waals surface area contributed by atoms with Crippen LogP contribution in [0.5, 0.6) is 0 Å². The van der Waals surface area contributed by atoms with E-state index in [1.54, 1.807) is 6.92 Å². The number of carbonyl (C=O) groups excluding carboxylic acids is 1. The number of rotatable bonds is 4. The number of nitrogens with zero attached hydrogens (tertiary/aromatic N) is 4. The fraction of sp³-hybridized carbons (Fsp3) is 0.688. The first-order valence-corrected chi connectivity index (χ1v) is 7.80. The highest BCUT2D eigenvalue weighted by atomic mass is 16.5. The molecule has 0 saturated carbocycles. The molecule has 3 heterocycles. The minimum atomic E-state index is 0.106. The van der Waals surface area contributed by atoms with Crippen LogP contribution in [0, 0.1) is 12.3 Å². The van der Waals surface area contributed by atoms with E-state index in [2.05, 4.69) is 28.8 Å². The van der Waals surface area contributed by atoms with Crippen LogP contribution in [0.1, 0.15) is 37.8 Å². The van der Waals surface area contributed by atoms with Gasteiger partial charge in [-0.3, -0.25) is 4.79 Å². The quantitative estimate of drug-likeness (QED) is 0.845. The van der Waals surface area contributed by atoms with Gasteiger partial charge >= 0.3 is 0 Å². The molecule has 3 rings (SSSR count). The van der Waals surface area contributed by atoms with Crippen LogP contribution in [0.2, 0.25) is 0 Å². The van der Waals surface area contributed by atoms with Crippen molar-refractivity contribution in [2.24, 2.45) is 5.41 Å². The SMILES string of the molecule is CC(=O)N1CC[C@H]1c1cc(N(C)CC2(C)COC2)nc(C)n1. The average molecular weight is 304 g/mol. The van der Waals surface area contributed by atoms with Crippen molar-refractivity contribution in [3.8, 4) is 0 Å². The van der Waals surface area contributed by atoms with Crippen molar-refractivity contribution in [2.75, 3.05) is 38.3 Å². The molecule has 2 aliphatic heterocycles. The Labute approximate surface area is 131 Å². The fourth-order valence-corrected chi connectivity index (χ4v) is 3.21. The Bertz CT molecular complexity index is 586. The number of hydrogen-bond acceptors (Lipinski definition) is 5. The highest BCUT2D eigenvalue weighted by Crippen LogP contribution is 2.34. The average Bonchev–Trinajstić information content (AvgIpc) is 2.34. The lowest BCUT2D eigenvalue weighted by Gasteiger charge is -2.42. The minimum absolute atomic E-state index is 0.106. The zero-order valence-electron chi connectivity index (χ0n) is 13.8. The second-order valence-electron chi connectivity index (χ2n) is 6.87. The molecule has 22 heavy (non-hydrogen) atoms. The maximum absolute atomic E-state index is 11.6. The van der Waals surface area contributed by atoms with Crippen LogP contribution >= 0.6 is 0 Å². The van der Waals surface area contributed by atoms with E-state index in [1.165, 1.54) is 0 Å². The Kier molecular flexibility index (Phi) is 3.80. The molecule has 0 aliphatic carbocycles. The van der Waals surface area contributed by atoms with Gasteiger partial charge in [-0.15, -0.1) is 0 Å². The maximum Gasteiger partial charge on any atom is 0.220 e. The predicted molar refractivity (Wildman–Crippen MR) is 83.7 cm³/mol. The van der Waals surface area contributed by atoms with Crippen LogP contribution in [0.3, 0.4) is 0 Å². The van der Waals surface area contributed by atoms with Gasteiger partial charge in [-0.2, -0.15) is 0 Å². The largest absolute Gasteiger partial charge is 0.380 e. The van der Waals surface area contributed by atoms with Gasteiger partial charge in [0.15, 0.2) is 0 Å². The molecule has 0 unspecified atom stereocenters. The molecule has 0 spiro atoms. The van der Waals surface area contributed by atoms with E-state index < -0.39 is 0 Å². The summed E-state index contributed by atoms with van der Waals surface area (Å²) >= 11 is 0. The molecule has 1 aromatic rings. The standard InChI is InChI=1S/C16H24N4O2/c1-11-17-13(14-5-6-20(14)12(2)21)7-15(18-11)19(4)8-16(3)9-22-10-16/h7,14H,5-6,8-10H2,1-4H3/t14-/m0/s1. The van der Waals surface area contributed by atoms with Gasteiger partial charge in [0.1, 0.15) is 11.6 Å². The number of amides is 1. The third kappa shape index (κ3) is 2.79. The Balaban J connectivity index is 1.79. The normalized spacial score (nSPS) is 22.7. The second-order valence-corrected chi connectivity index (χ2v) is 6.87. The second kappa shape index (κ2) is 5.50. The smallest absolute Gasteiger partial charge is 0.220 e. The molecule has 2 aliphatic rings. The summed E-state index contributed by atoms with van der Waals surface area (Å²) in [4.78, 5) is 24.7. The van der Waals surface area contributed by atoms with Crippen molar-refractivity contribution in [1.29, 1.82) is 0 Å². The summed E-state index contributed by atoms with van der Waals surface area (Å²) in [7, 11) is 2.05. The number of anilines is 1. The van der Waals surface area contributed by atoms with Crippen LogP contribution in [-0.4, -0.2) is 54.1 Å². The highest BCUT2D eigenvalue weighted by Gasteiger charge is 2.36. The van der Waals surface area contributed by atoms with Gasteiger partial charge in [-0.05, 0) is 13.3 Å². The maximum atomic E-state index is 11.6. The lowest BCUT2D eigenvalue weighted by atomic mass is 9.88. The first kappa shape index (κ1) is 15.2. The molecule has 0 bridgehead atoms. The lowest BCUT2D eigenvalue weighted by Crippen LogP contribution is -2.48. The van der Waals surface area contributed by atoms with Crippen LogP contribution in [0.4, 0.5) is 5.82 Å². The molecule has 6 heteroatoms. The van der Waals surface area contributed by atoms with Crippen molar-refractivity contribution >= 4 is 11.7 Å². The monoisotopic (exact) mass is 304 g/mol. The molecular formula is C16H24N4O2. The first-order chi connectivity index (χ1) is 10.4. The molecular weight excluding hydrogens is 280 g/mol. The van der Waals surface area contributed by atoms with Gasteiger partial charge in [0.05, 0.1) is 24.9 Å². The zero-order chi connectivity index (χ0) is 15.9. The molecule has 0 N–H and O–H groups in total. The first-order valence-electron chi connectivity index (χ1n) is 7.80. The Hall–Kier alpha value is -1.69. The molecule has 2 fully saturated rings. The predicted octanol–water partition coefficient (Wildman–Crippen LogP) is 1.55. The summed E-state index contributed by atoms with van der Waals surface area (Å²) in [6.07, 6.45) is 0.977. The summed E-state index contributed by atoms with van der Waals surface area (Å²) in [6, 6.07) is 2.13. The van der Waals surface area contributed by atoms with Crippen LogP contribution in [0.25, 0.3) is 0 Å². The number of carbonyl (C=O) groups is 1. The minimum Gasteiger partial charge on any atom is -0.380 e. The molecule has 6 nitrogen and oxygen atoms in total. The van der Waals surface area contributed by atoms with Gasteiger partial charge in [0.2, 0.25) is 5.91 Å². The van der Waals surface area contributed by atoms with E-state index in [1.807, 2.05) is 17.9 Å². The van der Waals surface area contributed by atoms with Crippen LogP contribution < -0.4 is 4.90 Å². The van der Waals surface area contributed by atoms with E-state index in [9.17, 15) is 4.79 Å². The lowest BCUT2D eigenvalue weighted by molar-refractivity contribution is -0.136. The number of hydrogen-bond donors (Lipinski definition) is 0. The van der Waals surface area contributed by atoms with Gasteiger partial charge in [-0.25, -0.2) is 9.97 Å². The molecule has 2 saturated heterocycles. The summed E-state index contributed by atoms with van der Waals surface area (Å²) in [5, 5.41) is 0. The van der Waals surface area contributed by atoms with Crippen molar-refractivity contribution in [2.45, 2.75) is 33.2 Å². The fourth-order valence-electron chi connectivity index (χ4n) is 3.21. The van der Waals surface area contributed by atoms with Crippen LogP contribution in [-0.2, 0) is 9.53 Å². The van der Waals surface area contributed by atoms with Crippen molar-refractivity contribution < 1.29 is 9.53 Å². The number of aromatic nitrogens is 2. The number of ether oxygens (including phenoxy) is 1. The summed E-state index contributed by atoms with van der Waals surface area (Å²) in [5.74, 6) is 1.79. The Morgan fingerprint density at radius 3 is 2.73 bits per heavy atom. The Morgan fingerprint density at radius 2 is 2.23 bits per heavy atom. The number of aryl methyl sites for hydroxylation is 1. The molecule has 1 aromatic heterocycles. The van der Waals surface area contributed by atoms with E-state index in [0.29, 0.717) is 0 Å². The van der Waals surface area contributed by atoms with Gasteiger partial charge < -0.3 is 14.5 Å². The van der Waals surface area contributed by atoms with Gasteiger partial charge in [-0.1, -0.05) is 6.92 Å². The topological polar surface area (TPSA) is 58.6 Å². The molecule has 0 radical (unpaired) electrons. The summed E-state index contributed by atoms with van der Waals surface area (Å²) < 4.78 is 5.32. The molecule has 1 amide bonds. The highest BCUT2D eigenvalue weighted by molar-refractivity contribution is 5.74. The third-order valence-electron chi connectivity index (χ3n) is 4.52. The Morgan fingerprint density at radius 1 is 1.50 bits per heavy atom. The van der Waals surface area contributed by atoms with E-state index >= 15 is 0 Å². The summed E-state index contributed by atoms with van der Waals surface area (Å²) in [6.45, 7) is 9.08. The third-order valence-corrected chi connectivity index (χ3v) is 4.52. The van der Waals surface area contributed by atoms with E-state index in [-0.39, 0.29) is 17.4 Å². The van der Waals surface area contributed by atoms with Crippen LogP contribution in [0.15, 0.2) is 6.07 Å². The van der Waals surface area contributed by atoms with Crippen molar-refractivity contribution in [3.63, 3.8) is 0 Å². The zero-order valence-corrected chi connectivity index (χ0v) is 13.8. The van der Waals surface area contributed by atoms with Crippen molar-refractivity contribution in [3.05, 3.63) is 17.6 Å². The van der Waals surface area contributed by atoms with Crippen molar-refractivity contribution in [1.82, 2.24) is 14.9 Å². The van der Waals surface area contributed by atoms with E-state index in [4.69, 9.17) is 4.74 Å².